The maximum atomic E-state index is 9.63. The summed E-state index contributed by atoms with van der Waals surface area (Å²) in [5.74, 6) is 0.372. The maximum absolute atomic E-state index is 9.63. The number of anilines is 1. The Labute approximate surface area is 103 Å². The Morgan fingerprint density at radius 1 is 1.18 bits per heavy atom. The van der Waals surface area contributed by atoms with Crippen molar-refractivity contribution in [2.45, 2.75) is 39.2 Å². The molecule has 1 heterocycles. The highest BCUT2D eigenvalue weighted by molar-refractivity contribution is 5.57. The van der Waals surface area contributed by atoms with E-state index in [2.05, 4.69) is 5.32 Å². The molecule has 2 N–H and O–H groups in total. The number of hydrogen-bond donors (Lipinski definition) is 2. The monoisotopic (exact) mass is 235 g/mol. The zero-order valence-electron chi connectivity index (χ0n) is 10.6. The largest absolute Gasteiger partial charge is 0.508 e. The molecule has 17 heavy (non-hydrogen) atoms. The molecular formula is C14H21NO2. The van der Waals surface area contributed by atoms with Crippen LogP contribution in [0.3, 0.4) is 0 Å². The molecule has 0 spiro atoms. The van der Waals surface area contributed by atoms with Crippen LogP contribution in [0.1, 0.15) is 30.4 Å². The average molecular weight is 235 g/mol. The fraction of sp³-hybridized carbons (Fsp3) is 0.571. The second kappa shape index (κ2) is 5.41. The van der Waals surface area contributed by atoms with Gasteiger partial charge >= 0.3 is 0 Å². The Morgan fingerprint density at radius 2 is 2.00 bits per heavy atom. The minimum Gasteiger partial charge on any atom is -0.508 e. The Balaban J connectivity index is 2.09. The zero-order chi connectivity index (χ0) is 12.3. The van der Waals surface area contributed by atoms with Crippen molar-refractivity contribution in [3.05, 3.63) is 23.3 Å². The summed E-state index contributed by atoms with van der Waals surface area (Å²) in [4.78, 5) is 0. The maximum Gasteiger partial charge on any atom is 0.118 e. The van der Waals surface area contributed by atoms with E-state index in [1.165, 1.54) is 0 Å². The van der Waals surface area contributed by atoms with E-state index in [1.807, 2.05) is 26.0 Å². The van der Waals surface area contributed by atoms with E-state index < -0.39 is 0 Å². The lowest BCUT2D eigenvalue weighted by Gasteiger charge is -2.19. The van der Waals surface area contributed by atoms with Crippen LogP contribution in [-0.2, 0) is 4.74 Å². The molecule has 0 amide bonds. The summed E-state index contributed by atoms with van der Waals surface area (Å²) in [6.07, 6.45) is 3.33. The minimum absolute atomic E-state index is 0.372. The Morgan fingerprint density at radius 3 is 2.82 bits per heavy atom. The third-order valence-corrected chi connectivity index (χ3v) is 3.35. The molecule has 1 fully saturated rings. The number of aromatic hydroxyl groups is 1. The van der Waals surface area contributed by atoms with Gasteiger partial charge in [0.05, 0.1) is 0 Å². The molecule has 0 aliphatic carbocycles. The quantitative estimate of drug-likeness (QED) is 0.774. The predicted molar refractivity (Wildman–Crippen MR) is 69.7 cm³/mol. The van der Waals surface area contributed by atoms with Crippen molar-refractivity contribution in [1.82, 2.24) is 0 Å². The number of hydrogen-bond acceptors (Lipinski definition) is 3. The molecule has 2 rings (SSSR count). The average Bonchev–Trinajstić information content (AvgIpc) is 2.54. The van der Waals surface area contributed by atoms with Crippen LogP contribution >= 0.6 is 0 Å². The van der Waals surface area contributed by atoms with E-state index >= 15 is 0 Å². The first-order chi connectivity index (χ1) is 8.16. The highest BCUT2D eigenvalue weighted by Gasteiger charge is 2.13. The van der Waals surface area contributed by atoms with Gasteiger partial charge in [0.25, 0.3) is 0 Å². The number of phenols is 1. The SMILES string of the molecule is Cc1cc(NC2CCCOCC2)c(C)cc1O. The molecule has 3 nitrogen and oxygen atoms in total. The lowest BCUT2D eigenvalue weighted by atomic mass is 10.1. The van der Waals surface area contributed by atoms with Gasteiger partial charge in [0.2, 0.25) is 0 Å². The minimum atomic E-state index is 0.372. The first-order valence-corrected chi connectivity index (χ1v) is 6.31. The van der Waals surface area contributed by atoms with Crippen LogP contribution in [0.4, 0.5) is 5.69 Å². The molecule has 0 bridgehead atoms. The standard InChI is InChI=1S/C14H21NO2/c1-10-9-14(16)11(2)8-13(10)15-12-4-3-6-17-7-5-12/h8-9,12,15-16H,3-7H2,1-2H3. The van der Waals surface area contributed by atoms with Gasteiger partial charge in [-0.1, -0.05) is 0 Å². The summed E-state index contributed by atoms with van der Waals surface area (Å²) in [5.41, 5.74) is 3.15. The van der Waals surface area contributed by atoms with Gasteiger partial charge in [-0.05, 0) is 56.4 Å². The van der Waals surface area contributed by atoms with E-state index in [4.69, 9.17) is 4.74 Å². The van der Waals surface area contributed by atoms with Crippen molar-refractivity contribution < 1.29 is 9.84 Å². The van der Waals surface area contributed by atoms with Crippen LogP contribution in [0.15, 0.2) is 12.1 Å². The molecule has 1 aliphatic heterocycles. The molecule has 1 saturated heterocycles. The Bertz CT molecular complexity index is 382. The zero-order valence-corrected chi connectivity index (χ0v) is 10.6. The summed E-state index contributed by atoms with van der Waals surface area (Å²) >= 11 is 0. The van der Waals surface area contributed by atoms with Crippen LogP contribution in [0.25, 0.3) is 0 Å². The van der Waals surface area contributed by atoms with E-state index in [0.29, 0.717) is 11.8 Å². The van der Waals surface area contributed by atoms with Crippen molar-refractivity contribution in [3.63, 3.8) is 0 Å². The number of aryl methyl sites for hydroxylation is 2. The molecular weight excluding hydrogens is 214 g/mol. The molecule has 0 saturated carbocycles. The molecule has 1 unspecified atom stereocenters. The fourth-order valence-corrected chi connectivity index (χ4v) is 2.22. The number of nitrogens with one attached hydrogen (secondary N) is 1. The first kappa shape index (κ1) is 12.2. The Hall–Kier alpha value is -1.22. The number of ether oxygens (including phenoxy) is 1. The molecule has 1 aromatic carbocycles. The van der Waals surface area contributed by atoms with Crippen molar-refractivity contribution in [2.75, 3.05) is 18.5 Å². The third-order valence-electron chi connectivity index (χ3n) is 3.35. The van der Waals surface area contributed by atoms with Gasteiger partial charge in [0.1, 0.15) is 5.75 Å². The summed E-state index contributed by atoms with van der Waals surface area (Å²) in [5, 5.41) is 13.2. The van der Waals surface area contributed by atoms with Gasteiger partial charge in [-0.25, -0.2) is 0 Å². The second-order valence-corrected chi connectivity index (χ2v) is 4.84. The molecule has 3 heteroatoms. The fourth-order valence-electron chi connectivity index (χ4n) is 2.22. The normalized spacial score (nSPS) is 20.9. The molecule has 1 aromatic rings. The third kappa shape index (κ3) is 3.13. The van der Waals surface area contributed by atoms with E-state index in [1.54, 1.807) is 0 Å². The van der Waals surface area contributed by atoms with Crippen molar-refractivity contribution in [3.8, 4) is 5.75 Å². The van der Waals surface area contributed by atoms with Gasteiger partial charge in [-0.3, -0.25) is 0 Å². The molecule has 1 aliphatic rings. The van der Waals surface area contributed by atoms with Crippen LogP contribution < -0.4 is 5.32 Å². The van der Waals surface area contributed by atoms with Crippen LogP contribution in [0.2, 0.25) is 0 Å². The number of phenolic OH excluding ortho intramolecular Hbond substituents is 1. The van der Waals surface area contributed by atoms with Gasteiger partial charge in [-0.2, -0.15) is 0 Å². The highest BCUT2D eigenvalue weighted by atomic mass is 16.5. The lowest BCUT2D eigenvalue weighted by Crippen LogP contribution is -2.20. The topological polar surface area (TPSA) is 41.5 Å². The second-order valence-electron chi connectivity index (χ2n) is 4.84. The Kier molecular flexibility index (Phi) is 3.89. The summed E-state index contributed by atoms with van der Waals surface area (Å²) in [6, 6.07) is 4.33. The number of benzene rings is 1. The van der Waals surface area contributed by atoms with Crippen LogP contribution in [-0.4, -0.2) is 24.4 Å². The molecule has 0 aromatic heterocycles. The summed E-state index contributed by atoms with van der Waals surface area (Å²) < 4.78 is 5.46. The van der Waals surface area contributed by atoms with Gasteiger partial charge in [-0.15, -0.1) is 0 Å². The summed E-state index contributed by atoms with van der Waals surface area (Å²) in [6.45, 7) is 5.67. The predicted octanol–water partition coefficient (Wildman–Crippen LogP) is 2.99. The van der Waals surface area contributed by atoms with Gasteiger partial charge in [0, 0.05) is 24.9 Å². The highest BCUT2D eigenvalue weighted by Crippen LogP contribution is 2.26. The van der Waals surface area contributed by atoms with E-state index in [0.717, 1.165) is 49.3 Å². The first-order valence-electron chi connectivity index (χ1n) is 6.31. The lowest BCUT2D eigenvalue weighted by molar-refractivity contribution is 0.144. The van der Waals surface area contributed by atoms with Gasteiger partial charge < -0.3 is 15.2 Å². The molecule has 0 radical (unpaired) electrons. The van der Waals surface area contributed by atoms with Crippen molar-refractivity contribution in [2.24, 2.45) is 0 Å². The van der Waals surface area contributed by atoms with E-state index in [-0.39, 0.29) is 0 Å². The van der Waals surface area contributed by atoms with Gasteiger partial charge in [0.15, 0.2) is 0 Å². The van der Waals surface area contributed by atoms with Crippen molar-refractivity contribution in [1.29, 1.82) is 0 Å². The summed E-state index contributed by atoms with van der Waals surface area (Å²) in [7, 11) is 0. The molecule has 94 valence electrons. The van der Waals surface area contributed by atoms with E-state index in [9.17, 15) is 5.11 Å². The van der Waals surface area contributed by atoms with Crippen LogP contribution in [0, 0.1) is 13.8 Å². The smallest absolute Gasteiger partial charge is 0.118 e. The molecule has 1 atom stereocenters. The van der Waals surface area contributed by atoms with Crippen LogP contribution in [0.5, 0.6) is 5.75 Å². The number of rotatable bonds is 2. The van der Waals surface area contributed by atoms with Crippen molar-refractivity contribution >= 4 is 5.69 Å².